The van der Waals surface area contributed by atoms with Crippen molar-refractivity contribution in [2.75, 3.05) is 7.11 Å². The first-order valence-electron chi connectivity index (χ1n) is 5.52. The van der Waals surface area contributed by atoms with Crippen LogP contribution in [-0.4, -0.2) is 27.0 Å². The van der Waals surface area contributed by atoms with Crippen LogP contribution >= 0.6 is 0 Å². The van der Waals surface area contributed by atoms with E-state index in [9.17, 15) is 10.1 Å². The molecule has 1 aromatic heterocycles. The van der Waals surface area contributed by atoms with Crippen LogP contribution in [0.3, 0.4) is 0 Å². The summed E-state index contributed by atoms with van der Waals surface area (Å²) >= 11 is 0. The van der Waals surface area contributed by atoms with Crippen LogP contribution < -0.4 is 10.5 Å². The zero-order valence-corrected chi connectivity index (χ0v) is 10.5. The first kappa shape index (κ1) is 13.0. The second-order valence-electron chi connectivity index (χ2n) is 3.85. The summed E-state index contributed by atoms with van der Waals surface area (Å²) in [6.45, 7) is 2.07. The minimum atomic E-state index is -0.502. The van der Waals surface area contributed by atoms with Crippen LogP contribution in [0.15, 0.2) is 18.2 Å². The van der Waals surface area contributed by atoms with E-state index >= 15 is 0 Å². The van der Waals surface area contributed by atoms with Gasteiger partial charge in [-0.15, -0.1) is 5.10 Å². The Labute approximate surface area is 108 Å². The number of nitro benzene ring substituents is 1. The van der Waals surface area contributed by atoms with Crippen LogP contribution in [0.4, 0.5) is 5.69 Å². The van der Waals surface area contributed by atoms with Gasteiger partial charge in [-0.1, -0.05) is 5.21 Å². The van der Waals surface area contributed by atoms with Gasteiger partial charge in [0.15, 0.2) is 5.75 Å². The molecule has 1 aromatic carbocycles. The molecule has 2 rings (SSSR count). The third-order valence-corrected chi connectivity index (χ3v) is 2.79. The highest BCUT2D eigenvalue weighted by atomic mass is 16.6. The molecule has 8 nitrogen and oxygen atoms in total. The number of ether oxygens (including phenoxy) is 1. The van der Waals surface area contributed by atoms with Gasteiger partial charge in [0, 0.05) is 12.6 Å². The van der Waals surface area contributed by atoms with Crippen molar-refractivity contribution in [1.82, 2.24) is 15.0 Å². The molecule has 0 spiro atoms. The second kappa shape index (κ2) is 5.02. The number of aromatic nitrogens is 3. The Morgan fingerprint density at radius 3 is 2.79 bits per heavy atom. The summed E-state index contributed by atoms with van der Waals surface area (Å²) in [5, 5.41) is 18.8. The molecule has 0 unspecified atom stereocenters. The number of nitrogens with two attached hydrogens (primary N) is 1. The van der Waals surface area contributed by atoms with E-state index in [1.165, 1.54) is 23.9 Å². The molecule has 0 amide bonds. The Hall–Kier alpha value is -2.48. The lowest BCUT2D eigenvalue weighted by molar-refractivity contribution is -0.385. The van der Waals surface area contributed by atoms with E-state index in [4.69, 9.17) is 10.5 Å². The van der Waals surface area contributed by atoms with E-state index in [0.717, 1.165) is 5.69 Å². The number of rotatable bonds is 4. The average molecular weight is 263 g/mol. The maximum Gasteiger partial charge on any atom is 0.313 e. The van der Waals surface area contributed by atoms with Crippen LogP contribution in [0.1, 0.15) is 11.4 Å². The van der Waals surface area contributed by atoms with E-state index in [1.807, 2.05) is 0 Å². The highest BCUT2D eigenvalue weighted by Gasteiger charge is 2.17. The molecule has 2 aromatic rings. The minimum absolute atomic E-state index is 0.121. The first-order chi connectivity index (χ1) is 9.08. The van der Waals surface area contributed by atoms with Crippen molar-refractivity contribution in [3.05, 3.63) is 39.7 Å². The van der Waals surface area contributed by atoms with Crippen LogP contribution in [0, 0.1) is 17.0 Å². The molecule has 0 aliphatic rings. The molecule has 8 heteroatoms. The predicted octanol–water partition coefficient (Wildman–Crippen LogP) is 0.951. The maximum atomic E-state index is 11.0. The Kier molecular flexibility index (Phi) is 3.43. The number of benzene rings is 1. The standard InChI is InChI=1S/C11H13N5O3/c1-7-9(6-12)13-14-15(7)8-3-4-11(19-2)10(5-8)16(17)18/h3-5H,6,12H2,1-2H3. The molecule has 0 atom stereocenters. The summed E-state index contributed by atoms with van der Waals surface area (Å²) in [6, 6.07) is 4.59. The van der Waals surface area contributed by atoms with Gasteiger partial charge in [0.25, 0.3) is 0 Å². The Morgan fingerprint density at radius 2 is 2.26 bits per heavy atom. The molecule has 0 fully saturated rings. The molecule has 100 valence electrons. The van der Waals surface area contributed by atoms with Crippen LogP contribution in [-0.2, 0) is 6.54 Å². The average Bonchev–Trinajstić information content (AvgIpc) is 2.79. The molecule has 2 N–H and O–H groups in total. The van der Waals surface area contributed by atoms with Gasteiger partial charge < -0.3 is 10.5 Å². The molecule has 0 radical (unpaired) electrons. The molecule has 0 bridgehead atoms. The summed E-state index contributed by atoms with van der Waals surface area (Å²) in [4.78, 5) is 10.5. The number of hydrogen-bond donors (Lipinski definition) is 1. The molecule has 0 saturated heterocycles. The van der Waals surface area contributed by atoms with Gasteiger partial charge in [-0.05, 0) is 19.1 Å². The number of hydrogen-bond acceptors (Lipinski definition) is 6. The molecule has 1 heterocycles. The molecular weight excluding hydrogens is 250 g/mol. The summed E-state index contributed by atoms with van der Waals surface area (Å²) in [7, 11) is 1.38. The topological polar surface area (TPSA) is 109 Å². The van der Waals surface area contributed by atoms with Crippen molar-refractivity contribution in [2.45, 2.75) is 13.5 Å². The zero-order chi connectivity index (χ0) is 14.0. The Bertz CT molecular complexity index is 623. The highest BCUT2D eigenvalue weighted by molar-refractivity contribution is 5.53. The molecule has 19 heavy (non-hydrogen) atoms. The predicted molar refractivity (Wildman–Crippen MR) is 67.2 cm³/mol. The van der Waals surface area contributed by atoms with Crippen molar-refractivity contribution in [3.63, 3.8) is 0 Å². The molecular formula is C11H13N5O3. The van der Waals surface area contributed by atoms with Crippen molar-refractivity contribution in [1.29, 1.82) is 0 Å². The van der Waals surface area contributed by atoms with Crippen LogP contribution in [0.2, 0.25) is 0 Å². The second-order valence-corrected chi connectivity index (χ2v) is 3.85. The van der Waals surface area contributed by atoms with Gasteiger partial charge in [0.1, 0.15) is 0 Å². The molecule has 0 saturated carbocycles. The SMILES string of the molecule is COc1ccc(-n2nnc(CN)c2C)cc1[N+](=O)[O-]. The van der Waals surface area contributed by atoms with E-state index in [2.05, 4.69) is 10.3 Å². The van der Waals surface area contributed by atoms with Crippen molar-refractivity contribution in [3.8, 4) is 11.4 Å². The minimum Gasteiger partial charge on any atom is -0.490 e. The zero-order valence-electron chi connectivity index (χ0n) is 10.5. The summed E-state index contributed by atoms with van der Waals surface area (Å²) in [6.07, 6.45) is 0. The number of methoxy groups -OCH3 is 1. The van der Waals surface area contributed by atoms with Gasteiger partial charge in [0.05, 0.1) is 29.1 Å². The number of nitrogens with zero attached hydrogens (tertiary/aromatic N) is 4. The molecule has 0 aliphatic carbocycles. The first-order valence-corrected chi connectivity index (χ1v) is 5.52. The lowest BCUT2D eigenvalue weighted by Gasteiger charge is -2.06. The fourth-order valence-electron chi connectivity index (χ4n) is 1.75. The van der Waals surface area contributed by atoms with Crippen molar-refractivity contribution < 1.29 is 9.66 Å². The van der Waals surface area contributed by atoms with Gasteiger partial charge in [-0.3, -0.25) is 10.1 Å². The lowest BCUT2D eigenvalue weighted by atomic mass is 10.2. The van der Waals surface area contributed by atoms with E-state index < -0.39 is 4.92 Å². The van der Waals surface area contributed by atoms with Gasteiger partial charge >= 0.3 is 5.69 Å². The Balaban J connectivity index is 2.54. The maximum absolute atomic E-state index is 11.0. The smallest absolute Gasteiger partial charge is 0.313 e. The fraction of sp³-hybridized carbons (Fsp3) is 0.273. The normalized spacial score (nSPS) is 10.5. The fourth-order valence-corrected chi connectivity index (χ4v) is 1.75. The summed E-state index contributed by atoms with van der Waals surface area (Å²) < 4.78 is 6.46. The van der Waals surface area contributed by atoms with Gasteiger partial charge in [-0.2, -0.15) is 0 Å². The largest absolute Gasteiger partial charge is 0.490 e. The summed E-state index contributed by atoms with van der Waals surface area (Å²) in [5.74, 6) is 0.200. The highest BCUT2D eigenvalue weighted by Crippen LogP contribution is 2.29. The number of nitro groups is 1. The van der Waals surface area contributed by atoms with Crippen LogP contribution in [0.5, 0.6) is 5.75 Å². The van der Waals surface area contributed by atoms with E-state index in [1.54, 1.807) is 13.0 Å². The van der Waals surface area contributed by atoms with Crippen LogP contribution in [0.25, 0.3) is 5.69 Å². The Morgan fingerprint density at radius 1 is 1.53 bits per heavy atom. The quantitative estimate of drug-likeness (QED) is 0.649. The third-order valence-electron chi connectivity index (χ3n) is 2.79. The monoisotopic (exact) mass is 263 g/mol. The van der Waals surface area contributed by atoms with Crippen molar-refractivity contribution in [2.24, 2.45) is 5.73 Å². The third kappa shape index (κ3) is 2.25. The van der Waals surface area contributed by atoms with Crippen molar-refractivity contribution >= 4 is 5.69 Å². The molecule has 0 aliphatic heterocycles. The van der Waals surface area contributed by atoms with E-state index in [-0.39, 0.29) is 18.0 Å². The lowest BCUT2D eigenvalue weighted by Crippen LogP contribution is -2.03. The van der Waals surface area contributed by atoms with E-state index in [0.29, 0.717) is 11.4 Å². The van der Waals surface area contributed by atoms with Gasteiger partial charge in [0.2, 0.25) is 0 Å². The van der Waals surface area contributed by atoms with Gasteiger partial charge in [-0.25, -0.2) is 4.68 Å². The summed E-state index contributed by atoms with van der Waals surface area (Å²) in [5.41, 5.74) is 7.34.